The third-order valence-electron chi connectivity index (χ3n) is 2.14. The van der Waals surface area contributed by atoms with Gasteiger partial charge >= 0.3 is 18.2 Å². The largest absolute Gasteiger partial charge is 0.486 e. The molecular formula is C7H16NO8PS. The Kier molecular flexibility index (Phi) is 6.15. The molecule has 0 unspecified atom stereocenters. The highest BCUT2D eigenvalue weighted by Crippen LogP contribution is 2.38. The van der Waals surface area contributed by atoms with E-state index in [-0.39, 0.29) is 6.61 Å². The van der Waals surface area contributed by atoms with Gasteiger partial charge in [-0.3, -0.25) is 4.90 Å². The lowest BCUT2D eigenvalue weighted by Crippen LogP contribution is -2.37. The van der Waals surface area contributed by atoms with Crippen LogP contribution in [0.1, 0.15) is 6.42 Å². The van der Waals surface area contributed by atoms with Crippen LogP contribution in [0.3, 0.4) is 0 Å². The highest BCUT2D eigenvalue weighted by molar-refractivity contribution is 7.86. The van der Waals surface area contributed by atoms with Gasteiger partial charge in [-0.1, -0.05) is 0 Å². The Balaban J connectivity index is 2.18. The number of hydrogen-bond acceptors (Lipinski definition) is 7. The van der Waals surface area contributed by atoms with Gasteiger partial charge in [0.05, 0.1) is 19.8 Å². The summed E-state index contributed by atoms with van der Waals surface area (Å²) >= 11 is 0. The van der Waals surface area contributed by atoms with Crippen molar-refractivity contribution in [3.8, 4) is 0 Å². The van der Waals surface area contributed by atoms with Gasteiger partial charge in [-0.2, -0.15) is 8.42 Å². The Hall–Kier alpha value is -0.0600. The predicted octanol–water partition coefficient (Wildman–Crippen LogP) is -0.921. The van der Waals surface area contributed by atoms with Gasteiger partial charge in [0, 0.05) is 19.6 Å². The molecule has 0 spiro atoms. The summed E-state index contributed by atoms with van der Waals surface area (Å²) in [7, 11) is -9.75. The molecule has 0 amide bonds. The van der Waals surface area contributed by atoms with E-state index < -0.39 is 18.2 Å². The molecule has 1 aliphatic rings. The molecule has 0 aromatic heterocycles. The zero-order valence-electron chi connectivity index (χ0n) is 9.60. The fraction of sp³-hybridized carbons (Fsp3) is 1.00. The minimum Gasteiger partial charge on any atom is -0.379 e. The molecule has 1 rings (SSSR count). The highest BCUT2D eigenvalue weighted by atomic mass is 32.3. The van der Waals surface area contributed by atoms with Gasteiger partial charge in [0.2, 0.25) is 0 Å². The number of nitrogens with zero attached hydrogens (tertiary/aromatic N) is 1. The average Bonchev–Trinajstić information content (AvgIpc) is 2.23. The van der Waals surface area contributed by atoms with Crippen molar-refractivity contribution in [3.63, 3.8) is 0 Å². The average molecular weight is 305 g/mol. The minimum absolute atomic E-state index is 0.195. The van der Waals surface area contributed by atoms with Crippen LogP contribution in [-0.2, 0) is 27.9 Å². The quantitative estimate of drug-likeness (QED) is 0.454. The van der Waals surface area contributed by atoms with E-state index >= 15 is 0 Å². The minimum atomic E-state index is -5.10. The molecule has 2 N–H and O–H groups in total. The first-order chi connectivity index (χ1) is 8.29. The summed E-state index contributed by atoms with van der Waals surface area (Å²) in [4.78, 5) is 18.7. The third kappa shape index (κ3) is 7.39. The van der Waals surface area contributed by atoms with Crippen molar-refractivity contribution >= 4 is 18.2 Å². The van der Waals surface area contributed by atoms with E-state index in [9.17, 15) is 13.0 Å². The van der Waals surface area contributed by atoms with E-state index in [1.165, 1.54) is 0 Å². The molecule has 0 atom stereocenters. The van der Waals surface area contributed by atoms with E-state index in [4.69, 9.17) is 14.5 Å². The van der Waals surface area contributed by atoms with Crippen LogP contribution >= 0.6 is 7.82 Å². The lowest BCUT2D eigenvalue weighted by atomic mass is 10.3. The summed E-state index contributed by atoms with van der Waals surface area (Å²) in [5.74, 6) is 0. The van der Waals surface area contributed by atoms with Gasteiger partial charge in [-0.05, 0) is 6.42 Å². The van der Waals surface area contributed by atoms with Crippen LogP contribution in [0.5, 0.6) is 0 Å². The Bertz CT molecular complexity index is 386. The van der Waals surface area contributed by atoms with Crippen LogP contribution in [0.2, 0.25) is 0 Å². The molecule has 0 radical (unpaired) electrons. The number of ether oxygens (including phenoxy) is 1. The molecule has 1 aliphatic heterocycles. The third-order valence-corrected chi connectivity index (χ3v) is 4.10. The SMILES string of the molecule is O=P(O)(O)OS(=O)(=O)OCCCN1CCOCC1. The van der Waals surface area contributed by atoms with Crippen molar-refractivity contribution in [1.29, 1.82) is 0 Å². The van der Waals surface area contributed by atoms with Gasteiger partial charge in [0.25, 0.3) is 0 Å². The van der Waals surface area contributed by atoms with E-state index in [1.807, 2.05) is 0 Å². The molecule has 1 heterocycles. The summed E-state index contributed by atoms with van der Waals surface area (Å²) < 4.78 is 45.1. The highest BCUT2D eigenvalue weighted by Gasteiger charge is 2.26. The van der Waals surface area contributed by atoms with Crippen molar-refractivity contribution in [2.45, 2.75) is 6.42 Å². The smallest absolute Gasteiger partial charge is 0.379 e. The summed E-state index contributed by atoms with van der Waals surface area (Å²) in [5.41, 5.74) is 0. The topological polar surface area (TPSA) is 123 Å². The van der Waals surface area contributed by atoms with Gasteiger partial charge in [-0.15, -0.1) is 3.97 Å². The summed E-state index contributed by atoms with van der Waals surface area (Å²) in [5, 5.41) is 0. The molecule has 0 aromatic carbocycles. The molecule has 0 bridgehead atoms. The normalized spacial score (nSPS) is 19.0. The Labute approximate surface area is 105 Å². The standard InChI is InChI=1S/C7H16NO8PS/c9-17(10,11)16-18(12,13)15-5-1-2-8-3-6-14-7-4-8/h1-7H2,(H2,9,10,11). The first kappa shape index (κ1) is 16.0. The van der Waals surface area contributed by atoms with E-state index in [2.05, 4.69) is 13.1 Å². The van der Waals surface area contributed by atoms with E-state index in [1.54, 1.807) is 0 Å². The van der Waals surface area contributed by atoms with E-state index in [0.29, 0.717) is 26.2 Å². The molecule has 1 saturated heterocycles. The molecule has 108 valence electrons. The Morgan fingerprint density at radius 2 is 1.89 bits per heavy atom. The second kappa shape index (κ2) is 6.92. The van der Waals surface area contributed by atoms with Gasteiger partial charge in [-0.25, -0.2) is 8.75 Å². The van der Waals surface area contributed by atoms with Crippen molar-refractivity contribution in [1.82, 2.24) is 4.90 Å². The van der Waals surface area contributed by atoms with Gasteiger partial charge < -0.3 is 14.5 Å². The first-order valence-electron chi connectivity index (χ1n) is 5.25. The maximum atomic E-state index is 10.9. The Morgan fingerprint density at radius 1 is 1.28 bits per heavy atom. The Morgan fingerprint density at radius 3 is 2.44 bits per heavy atom. The molecule has 0 aromatic rings. The zero-order chi connectivity index (χ0) is 13.6. The van der Waals surface area contributed by atoms with Gasteiger partial charge in [0.15, 0.2) is 0 Å². The molecule has 18 heavy (non-hydrogen) atoms. The van der Waals surface area contributed by atoms with E-state index in [0.717, 1.165) is 13.1 Å². The van der Waals surface area contributed by atoms with Gasteiger partial charge in [0.1, 0.15) is 0 Å². The number of rotatable bonds is 7. The van der Waals surface area contributed by atoms with Crippen molar-refractivity contribution in [3.05, 3.63) is 0 Å². The van der Waals surface area contributed by atoms with Crippen molar-refractivity contribution in [2.75, 3.05) is 39.5 Å². The number of phosphoric acid groups is 1. The maximum absolute atomic E-state index is 10.9. The van der Waals surface area contributed by atoms with Crippen molar-refractivity contribution in [2.24, 2.45) is 0 Å². The molecule has 9 nitrogen and oxygen atoms in total. The predicted molar refractivity (Wildman–Crippen MR) is 59.9 cm³/mol. The summed E-state index contributed by atoms with van der Waals surface area (Å²) in [6, 6.07) is 0. The molecule has 1 fully saturated rings. The van der Waals surface area contributed by atoms with Crippen LogP contribution in [-0.4, -0.2) is 62.6 Å². The molecule has 0 aliphatic carbocycles. The van der Waals surface area contributed by atoms with Crippen LogP contribution in [0.15, 0.2) is 0 Å². The maximum Gasteiger partial charge on any atom is 0.486 e. The molecule has 11 heteroatoms. The number of hydrogen-bond donors (Lipinski definition) is 2. The zero-order valence-corrected chi connectivity index (χ0v) is 11.3. The van der Waals surface area contributed by atoms with Crippen LogP contribution in [0, 0.1) is 0 Å². The lowest BCUT2D eigenvalue weighted by molar-refractivity contribution is 0.0357. The van der Waals surface area contributed by atoms with Crippen molar-refractivity contribution < 1.29 is 35.7 Å². The lowest BCUT2D eigenvalue weighted by Gasteiger charge is -2.26. The van der Waals surface area contributed by atoms with Crippen LogP contribution < -0.4 is 0 Å². The first-order valence-corrected chi connectivity index (χ1v) is 8.11. The summed E-state index contributed by atoms with van der Waals surface area (Å²) in [6.45, 7) is 3.24. The fourth-order valence-electron chi connectivity index (χ4n) is 1.41. The molecular weight excluding hydrogens is 289 g/mol. The second-order valence-electron chi connectivity index (χ2n) is 3.60. The summed E-state index contributed by atoms with van der Waals surface area (Å²) in [6.07, 6.45) is 0.406. The monoisotopic (exact) mass is 305 g/mol. The fourth-order valence-corrected chi connectivity index (χ4v) is 2.86. The van der Waals surface area contributed by atoms with Crippen LogP contribution in [0.4, 0.5) is 0 Å². The molecule has 0 saturated carbocycles. The second-order valence-corrected chi connectivity index (χ2v) is 6.23. The van der Waals surface area contributed by atoms with Crippen LogP contribution in [0.25, 0.3) is 0 Å². The number of morpholine rings is 1.